The summed E-state index contributed by atoms with van der Waals surface area (Å²) in [6, 6.07) is 0. The van der Waals surface area contributed by atoms with Crippen LogP contribution in [0.25, 0.3) is 0 Å². The Morgan fingerprint density at radius 3 is 1.60 bits per heavy atom. The molecular formula is C19H42B2N4. The van der Waals surface area contributed by atoms with Gasteiger partial charge in [0.15, 0.2) is 0 Å². The van der Waals surface area contributed by atoms with Crippen LogP contribution in [0.4, 0.5) is 0 Å². The maximum Gasteiger partial charge on any atom is 0.281 e. The van der Waals surface area contributed by atoms with Crippen LogP contribution >= 0.6 is 0 Å². The summed E-state index contributed by atoms with van der Waals surface area (Å²) in [5.41, 5.74) is 0. The molecule has 0 heterocycles. The van der Waals surface area contributed by atoms with E-state index in [4.69, 9.17) is 10.5 Å². The van der Waals surface area contributed by atoms with E-state index in [0.29, 0.717) is 0 Å². The Labute approximate surface area is 158 Å². The lowest BCUT2D eigenvalue weighted by Crippen LogP contribution is -3.10. The molecule has 1 atom stereocenters. The van der Waals surface area contributed by atoms with Crippen LogP contribution in [0.1, 0.15) is 77.0 Å². The van der Waals surface area contributed by atoms with E-state index >= 15 is 0 Å². The molecule has 6 heteroatoms. The molecule has 0 aromatic carbocycles. The minimum absolute atomic E-state index is 0.400. The van der Waals surface area contributed by atoms with Gasteiger partial charge in [0.2, 0.25) is 0 Å². The van der Waals surface area contributed by atoms with Crippen LogP contribution in [0, 0.1) is 22.5 Å². The second-order valence-corrected chi connectivity index (χ2v) is 9.13. The van der Waals surface area contributed by atoms with Gasteiger partial charge in [-0.2, -0.15) is 0 Å². The molecule has 0 bridgehead atoms. The third-order valence-corrected chi connectivity index (χ3v) is 5.50. The Morgan fingerprint density at radius 2 is 1.16 bits per heavy atom. The lowest BCUT2D eigenvalue weighted by Gasteiger charge is -2.36. The first-order valence-corrected chi connectivity index (χ1v) is 11.0. The Morgan fingerprint density at radius 1 is 0.720 bits per heavy atom. The molecule has 0 spiro atoms. The second kappa shape index (κ2) is 16.5. The number of quaternary nitrogens is 2. The Balaban J connectivity index is 3.20. The number of nitriles is 2. The van der Waals surface area contributed by atoms with E-state index in [2.05, 4.69) is 33.1 Å². The highest BCUT2D eigenvalue weighted by molar-refractivity contribution is 6.36. The van der Waals surface area contributed by atoms with Crippen LogP contribution in [-0.4, -0.2) is 53.5 Å². The minimum atomic E-state index is -0.467. The third kappa shape index (κ3) is 17.6. The summed E-state index contributed by atoms with van der Waals surface area (Å²) in [5, 5.41) is 17.5. The van der Waals surface area contributed by atoms with E-state index in [1.54, 1.807) is 0 Å². The fourth-order valence-electron chi connectivity index (χ4n) is 3.53. The molecule has 0 aliphatic carbocycles. The normalized spacial score (nSPS) is 12.5. The van der Waals surface area contributed by atoms with Gasteiger partial charge >= 0.3 is 0 Å². The van der Waals surface area contributed by atoms with Gasteiger partial charge in [-0.3, -0.25) is 0 Å². The van der Waals surface area contributed by atoms with E-state index in [0.717, 1.165) is 4.39 Å². The van der Waals surface area contributed by atoms with Gasteiger partial charge in [0.1, 0.15) is 0 Å². The van der Waals surface area contributed by atoms with Gasteiger partial charge in [-0.15, -0.1) is 0 Å². The molecule has 0 radical (unpaired) electrons. The molecule has 0 saturated heterocycles. The first-order valence-electron chi connectivity index (χ1n) is 11.0. The highest BCUT2D eigenvalue weighted by Gasteiger charge is 2.06. The van der Waals surface area contributed by atoms with Gasteiger partial charge in [-0.05, 0) is 25.7 Å². The summed E-state index contributed by atoms with van der Waals surface area (Å²) < 4.78 is 0.966. The predicted octanol–water partition coefficient (Wildman–Crippen LogP) is 1.39. The Kier molecular flexibility index (Phi) is 15.9. The SMILES string of the molecule is C[NH+]([BH2-]C#N)CCCCCCCCCCCCCC[N+](C)(C)[BH2-]C#N. The van der Waals surface area contributed by atoms with Crippen molar-refractivity contribution < 1.29 is 9.20 Å². The zero-order valence-electron chi connectivity index (χ0n) is 17.7. The third-order valence-electron chi connectivity index (χ3n) is 5.50. The fourth-order valence-corrected chi connectivity index (χ4v) is 3.53. The van der Waals surface area contributed by atoms with Crippen LogP contribution in [0.5, 0.6) is 0 Å². The van der Waals surface area contributed by atoms with Crippen LogP contribution in [0.3, 0.4) is 0 Å². The Bertz CT molecular complexity index is 388. The molecule has 0 aromatic heterocycles. The van der Waals surface area contributed by atoms with Crippen molar-refractivity contribution in [2.75, 3.05) is 34.2 Å². The van der Waals surface area contributed by atoms with Crippen molar-refractivity contribution in [3.8, 4) is 11.9 Å². The van der Waals surface area contributed by atoms with Gasteiger partial charge in [0.05, 0.1) is 0 Å². The smallest absolute Gasteiger partial charge is 0.281 e. The molecule has 0 fully saturated rings. The van der Waals surface area contributed by atoms with Crippen molar-refractivity contribution in [2.45, 2.75) is 77.0 Å². The lowest BCUT2D eigenvalue weighted by atomic mass is 9.91. The number of hydrogen-bond donors (Lipinski definition) is 1. The maximum atomic E-state index is 8.83. The van der Waals surface area contributed by atoms with Crippen LogP contribution in [-0.2, 0) is 0 Å². The number of unbranched alkanes of at least 4 members (excludes halogenated alkanes) is 11. The van der Waals surface area contributed by atoms with Crippen LogP contribution < -0.4 is 4.81 Å². The number of nitrogens with one attached hydrogen (secondary N) is 1. The van der Waals surface area contributed by atoms with Gasteiger partial charge in [0.25, 0.3) is 14.8 Å². The molecule has 0 aliphatic heterocycles. The van der Waals surface area contributed by atoms with E-state index in [1.807, 2.05) is 0 Å². The summed E-state index contributed by atoms with van der Waals surface area (Å²) in [6.45, 7) is 2.38. The number of nitrogens with zero attached hydrogens (tertiary/aromatic N) is 3. The van der Waals surface area contributed by atoms with Crippen molar-refractivity contribution >= 4 is 14.8 Å². The van der Waals surface area contributed by atoms with Crippen LogP contribution in [0.15, 0.2) is 0 Å². The molecule has 25 heavy (non-hydrogen) atoms. The molecule has 0 saturated carbocycles. The number of rotatable bonds is 17. The monoisotopic (exact) mass is 348 g/mol. The zero-order valence-corrected chi connectivity index (χ0v) is 17.7. The highest BCUT2D eigenvalue weighted by Crippen LogP contribution is 2.12. The second-order valence-electron chi connectivity index (χ2n) is 9.13. The molecule has 0 aromatic rings. The standard InChI is InChI=1S/C19H42B2N4/c1-24(20-18-22)16-14-12-10-8-6-4-5-7-9-11-13-15-17-25(2,3)21-19-23/h24H,4-17,20-21H2,1-3H3. The van der Waals surface area contributed by atoms with Gasteiger partial charge in [0, 0.05) is 34.2 Å². The molecule has 0 aliphatic rings. The van der Waals surface area contributed by atoms with E-state index in [1.165, 1.54) is 95.0 Å². The lowest BCUT2D eigenvalue weighted by molar-refractivity contribution is -0.777. The predicted molar refractivity (Wildman–Crippen MR) is 112 cm³/mol. The molecular weight excluding hydrogens is 306 g/mol. The minimum Gasteiger partial charge on any atom is -0.522 e. The summed E-state index contributed by atoms with van der Waals surface area (Å²) in [5.74, 6) is 4.75. The highest BCUT2D eigenvalue weighted by atomic mass is 15.2. The molecule has 4 nitrogen and oxygen atoms in total. The fraction of sp³-hybridized carbons (Fsp3) is 0.895. The van der Waals surface area contributed by atoms with E-state index in [-0.39, 0.29) is 0 Å². The van der Waals surface area contributed by atoms with E-state index < -0.39 is 14.8 Å². The molecule has 0 rings (SSSR count). The van der Waals surface area contributed by atoms with Crippen LogP contribution in [0.2, 0.25) is 0 Å². The molecule has 0 amide bonds. The summed E-state index contributed by atoms with van der Waals surface area (Å²) in [6.07, 6.45) is 16.4. The van der Waals surface area contributed by atoms with Crippen molar-refractivity contribution in [3.63, 3.8) is 0 Å². The van der Waals surface area contributed by atoms with Crippen molar-refractivity contribution in [1.82, 2.24) is 0 Å². The summed E-state index contributed by atoms with van der Waals surface area (Å²) in [4.78, 5) is 1.47. The molecule has 144 valence electrons. The quantitative estimate of drug-likeness (QED) is 0.319. The van der Waals surface area contributed by atoms with Crippen molar-refractivity contribution in [2.24, 2.45) is 0 Å². The van der Waals surface area contributed by atoms with Crippen molar-refractivity contribution in [3.05, 3.63) is 0 Å². The number of hydrogen-bond acceptors (Lipinski definition) is 2. The first kappa shape index (κ1) is 24.0. The largest absolute Gasteiger partial charge is 0.522 e. The maximum absolute atomic E-state index is 8.83. The van der Waals surface area contributed by atoms with Gasteiger partial charge in [-0.1, -0.05) is 63.3 Å². The average Bonchev–Trinajstić information content (AvgIpc) is 2.55. The average molecular weight is 348 g/mol. The van der Waals surface area contributed by atoms with Crippen molar-refractivity contribution in [1.29, 1.82) is 10.5 Å². The molecule has 1 N–H and O–H groups in total. The molecule has 1 unspecified atom stereocenters. The van der Waals surface area contributed by atoms with Gasteiger partial charge in [-0.25, -0.2) is 10.5 Å². The summed E-state index contributed by atoms with van der Waals surface area (Å²) in [7, 11) is 5.71. The summed E-state index contributed by atoms with van der Waals surface area (Å²) >= 11 is 0. The zero-order chi connectivity index (χ0) is 18.8. The Hall–Kier alpha value is -0.970. The first-order chi connectivity index (χ1) is 12.0. The van der Waals surface area contributed by atoms with E-state index in [9.17, 15) is 0 Å². The van der Waals surface area contributed by atoms with Gasteiger partial charge < -0.3 is 9.20 Å². The topological polar surface area (TPSA) is 52.0 Å².